The molecule has 194 valence electrons. The van der Waals surface area contributed by atoms with Gasteiger partial charge in [-0.2, -0.15) is 18.3 Å². The fourth-order valence-electron chi connectivity index (χ4n) is 3.91. The van der Waals surface area contributed by atoms with Crippen LogP contribution in [0.15, 0.2) is 66.6 Å². The van der Waals surface area contributed by atoms with Crippen LogP contribution in [0.25, 0.3) is 27.8 Å². The van der Waals surface area contributed by atoms with Gasteiger partial charge in [0.2, 0.25) is 5.82 Å². The maximum absolute atomic E-state index is 13.3. The third-order valence-electron chi connectivity index (χ3n) is 5.81. The molecule has 0 fully saturated rings. The number of rotatable bonds is 6. The fraction of sp³-hybridized carbons (Fsp3) is 0.200. The van der Waals surface area contributed by atoms with Gasteiger partial charge < -0.3 is 9.47 Å². The second-order valence-corrected chi connectivity index (χ2v) is 8.72. The van der Waals surface area contributed by atoms with Crippen molar-refractivity contribution in [1.29, 1.82) is 0 Å². The highest BCUT2D eigenvalue weighted by Gasteiger charge is 2.34. The summed E-state index contributed by atoms with van der Waals surface area (Å²) < 4.78 is 56.0. The molecule has 0 aliphatic heterocycles. The highest BCUT2D eigenvalue weighted by molar-refractivity contribution is 6.01. The molecule has 0 N–H and O–H groups in total. The third-order valence-corrected chi connectivity index (χ3v) is 5.81. The molecule has 13 heteroatoms. The molecule has 0 aliphatic rings. The standard InChI is InChI=1S/C25H21F4N9/c1-15(17-10-35-38(11-17)19-6-4-18(26)5-7-19)37-12-20(16-8-30-24(31-9-16)25(27,28)29)21-22(34-14-36(2)3)32-13-33-23(21)37/h4-15H,1-3H3. The first-order chi connectivity index (χ1) is 18.1. The molecule has 1 aromatic carbocycles. The van der Waals surface area contributed by atoms with Gasteiger partial charge in [0, 0.05) is 55.6 Å². The number of alkyl halides is 3. The number of aliphatic imine (C=N–C) groups is 1. The van der Waals surface area contributed by atoms with E-state index >= 15 is 0 Å². The normalized spacial score (nSPS) is 12.9. The number of fused-ring (bicyclic) bond motifs is 1. The van der Waals surface area contributed by atoms with Crippen molar-refractivity contribution in [2.24, 2.45) is 4.99 Å². The summed E-state index contributed by atoms with van der Waals surface area (Å²) in [6.45, 7) is 1.93. The van der Waals surface area contributed by atoms with E-state index in [4.69, 9.17) is 0 Å². The van der Waals surface area contributed by atoms with E-state index in [1.54, 1.807) is 54.5 Å². The van der Waals surface area contributed by atoms with Gasteiger partial charge in [-0.1, -0.05) is 0 Å². The van der Waals surface area contributed by atoms with Crippen molar-refractivity contribution in [3.05, 3.63) is 78.8 Å². The first-order valence-electron chi connectivity index (χ1n) is 11.4. The molecule has 0 bridgehead atoms. The van der Waals surface area contributed by atoms with Gasteiger partial charge in [-0.15, -0.1) is 0 Å². The Morgan fingerprint density at radius 2 is 1.68 bits per heavy atom. The summed E-state index contributed by atoms with van der Waals surface area (Å²) in [4.78, 5) is 22.0. The Balaban J connectivity index is 1.62. The molecular formula is C25H21F4N9. The van der Waals surface area contributed by atoms with Crippen LogP contribution in [0.2, 0.25) is 0 Å². The minimum absolute atomic E-state index is 0.295. The van der Waals surface area contributed by atoms with Crippen molar-refractivity contribution in [3.8, 4) is 16.8 Å². The maximum atomic E-state index is 13.3. The van der Waals surface area contributed by atoms with E-state index in [1.165, 1.54) is 18.5 Å². The van der Waals surface area contributed by atoms with Gasteiger partial charge in [0.15, 0.2) is 5.82 Å². The molecule has 0 aliphatic carbocycles. The molecule has 4 aromatic heterocycles. The molecule has 5 rings (SSSR count). The van der Waals surface area contributed by atoms with Crippen LogP contribution in [0.4, 0.5) is 23.4 Å². The Kier molecular flexibility index (Phi) is 6.35. The molecule has 38 heavy (non-hydrogen) atoms. The fourth-order valence-corrected chi connectivity index (χ4v) is 3.91. The Bertz CT molecular complexity index is 1600. The molecule has 0 saturated heterocycles. The zero-order chi connectivity index (χ0) is 27.0. The van der Waals surface area contributed by atoms with E-state index in [0.717, 1.165) is 18.0 Å². The Morgan fingerprint density at radius 3 is 2.34 bits per heavy atom. The lowest BCUT2D eigenvalue weighted by atomic mass is 10.1. The highest BCUT2D eigenvalue weighted by Crippen LogP contribution is 2.37. The predicted molar refractivity (Wildman–Crippen MR) is 133 cm³/mol. The van der Waals surface area contributed by atoms with Crippen LogP contribution in [-0.2, 0) is 6.18 Å². The van der Waals surface area contributed by atoms with Crippen LogP contribution in [0.5, 0.6) is 0 Å². The number of hydrogen-bond donors (Lipinski definition) is 0. The summed E-state index contributed by atoms with van der Waals surface area (Å²) in [5, 5.41) is 4.93. The number of hydrogen-bond acceptors (Lipinski definition) is 6. The largest absolute Gasteiger partial charge is 0.451 e. The van der Waals surface area contributed by atoms with Crippen LogP contribution >= 0.6 is 0 Å². The average Bonchev–Trinajstić information content (AvgIpc) is 3.53. The zero-order valence-corrected chi connectivity index (χ0v) is 20.5. The number of nitrogens with zero attached hydrogens (tertiary/aromatic N) is 9. The SMILES string of the molecule is CC(c1cnn(-c2ccc(F)cc2)c1)n1cc(-c2cnc(C(F)(F)F)nc2)c2c(N=CN(C)C)ncnc21. The summed E-state index contributed by atoms with van der Waals surface area (Å²) in [7, 11) is 3.61. The van der Waals surface area contributed by atoms with Gasteiger partial charge >= 0.3 is 6.18 Å². The van der Waals surface area contributed by atoms with Crippen molar-refractivity contribution in [2.75, 3.05) is 14.1 Å². The molecule has 0 saturated carbocycles. The van der Waals surface area contributed by atoms with Crippen LogP contribution in [-0.4, -0.2) is 59.6 Å². The van der Waals surface area contributed by atoms with E-state index in [1.807, 2.05) is 17.7 Å². The molecule has 9 nitrogen and oxygen atoms in total. The quantitative estimate of drug-likeness (QED) is 0.176. The summed E-state index contributed by atoms with van der Waals surface area (Å²) in [6, 6.07) is 5.64. The highest BCUT2D eigenvalue weighted by atomic mass is 19.4. The third kappa shape index (κ3) is 4.82. The molecule has 0 radical (unpaired) electrons. The van der Waals surface area contributed by atoms with Gasteiger partial charge in [0.05, 0.1) is 29.7 Å². The minimum Gasteiger partial charge on any atom is -0.369 e. The molecule has 1 unspecified atom stereocenters. The van der Waals surface area contributed by atoms with Gasteiger partial charge in [-0.05, 0) is 31.2 Å². The molecule has 4 heterocycles. The van der Waals surface area contributed by atoms with E-state index < -0.39 is 12.0 Å². The van der Waals surface area contributed by atoms with Crippen LogP contribution in [0.3, 0.4) is 0 Å². The lowest BCUT2D eigenvalue weighted by Crippen LogP contribution is -2.10. The molecule has 0 spiro atoms. The Labute approximate surface area is 214 Å². The van der Waals surface area contributed by atoms with Crippen molar-refractivity contribution in [1.82, 2.24) is 39.2 Å². The van der Waals surface area contributed by atoms with E-state index in [9.17, 15) is 17.6 Å². The lowest BCUT2D eigenvalue weighted by Gasteiger charge is -2.13. The first-order valence-corrected chi connectivity index (χ1v) is 11.4. The summed E-state index contributed by atoms with van der Waals surface area (Å²) in [5.74, 6) is -1.24. The van der Waals surface area contributed by atoms with Gasteiger partial charge in [0.25, 0.3) is 0 Å². The van der Waals surface area contributed by atoms with Gasteiger partial charge in [0.1, 0.15) is 17.8 Å². The van der Waals surface area contributed by atoms with Crippen LogP contribution in [0, 0.1) is 5.82 Å². The minimum atomic E-state index is -4.66. The Morgan fingerprint density at radius 1 is 0.974 bits per heavy atom. The van der Waals surface area contributed by atoms with Gasteiger partial charge in [-0.3, -0.25) is 0 Å². The summed E-state index contributed by atoms with van der Waals surface area (Å²) >= 11 is 0. The molecule has 5 aromatic rings. The van der Waals surface area contributed by atoms with E-state index in [-0.39, 0.29) is 11.9 Å². The second-order valence-electron chi connectivity index (χ2n) is 8.72. The number of aromatic nitrogens is 7. The zero-order valence-electron chi connectivity index (χ0n) is 20.5. The smallest absolute Gasteiger partial charge is 0.369 e. The summed E-state index contributed by atoms with van der Waals surface area (Å²) in [6.07, 6.45) is 5.81. The number of halogens is 4. The molecule has 1 atom stereocenters. The van der Waals surface area contributed by atoms with Crippen LogP contribution < -0.4 is 0 Å². The first kappa shape index (κ1) is 25.0. The van der Waals surface area contributed by atoms with Crippen molar-refractivity contribution in [2.45, 2.75) is 19.1 Å². The van der Waals surface area contributed by atoms with Crippen molar-refractivity contribution in [3.63, 3.8) is 0 Å². The molecule has 0 amide bonds. The Hall–Kier alpha value is -4.68. The second kappa shape index (κ2) is 9.65. The topological polar surface area (TPSA) is 89.9 Å². The average molecular weight is 523 g/mol. The van der Waals surface area contributed by atoms with E-state index in [2.05, 4.69) is 30.0 Å². The molecular weight excluding hydrogens is 502 g/mol. The monoisotopic (exact) mass is 523 g/mol. The van der Waals surface area contributed by atoms with E-state index in [0.29, 0.717) is 33.7 Å². The predicted octanol–water partition coefficient (Wildman–Crippen LogP) is 5.06. The number of benzene rings is 1. The maximum Gasteiger partial charge on any atom is 0.451 e. The summed E-state index contributed by atoms with van der Waals surface area (Å²) in [5.41, 5.74) is 2.90. The lowest BCUT2D eigenvalue weighted by molar-refractivity contribution is -0.144. The van der Waals surface area contributed by atoms with Gasteiger partial charge in [-0.25, -0.2) is 34.0 Å². The van der Waals surface area contributed by atoms with Crippen molar-refractivity contribution < 1.29 is 17.6 Å². The van der Waals surface area contributed by atoms with Crippen LogP contribution in [0.1, 0.15) is 24.4 Å². The van der Waals surface area contributed by atoms with Crippen molar-refractivity contribution >= 4 is 23.2 Å².